The second kappa shape index (κ2) is 2.77. The molecule has 0 spiro atoms. The number of aryl methyl sites for hydroxylation is 1. The Morgan fingerprint density at radius 1 is 1.60 bits per heavy atom. The van der Waals surface area contributed by atoms with Crippen LogP contribution in [0.1, 0.15) is 19.0 Å². The lowest BCUT2D eigenvalue weighted by Gasteiger charge is -1.96. The molecule has 0 unspecified atom stereocenters. The van der Waals surface area contributed by atoms with Gasteiger partial charge in [0.05, 0.1) is 5.69 Å². The van der Waals surface area contributed by atoms with E-state index in [2.05, 4.69) is 10.3 Å². The first kappa shape index (κ1) is 7.18. The first-order chi connectivity index (χ1) is 4.75. The molecule has 0 bridgehead atoms. The van der Waals surface area contributed by atoms with Crippen molar-refractivity contribution in [1.82, 2.24) is 15.0 Å². The van der Waals surface area contributed by atoms with Crippen LogP contribution in [-0.2, 0) is 6.54 Å². The summed E-state index contributed by atoms with van der Waals surface area (Å²) in [5, 5.41) is 6.88. The molecule has 1 aromatic rings. The van der Waals surface area contributed by atoms with Crippen molar-refractivity contribution in [3.05, 3.63) is 11.6 Å². The summed E-state index contributed by atoms with van der Waals surface area (Å²) in [7, 11) is 0. The summed E-state index contributed by atoms with van der Waals surface area (Å²) in [5.74, 6) is -0.464. The highest BCUT2D eigenvalue weighted by atomic mass is 19.1. The number of hydrogen-bond donors (Lipinski definition) is 0. The average molecular weight is 143 g/mol. The minimum absolute atomic E-state index is 0.464. The zero-order chi connectivity index (χ0) is 7.56. The third kappa shape index (κ3) is 1.15. The van der Waals surface area contributed by atoms with Crippen LogP contribution in [0.15, 0.2) is 0 Å². The van der Waals surface area contributed by atoms with E-state index in [0.29, 0.717) is 5.69 Å². The summed E-state index contributed by atoms with van der Waals surface area (Å²) in [4.78, 5) is 0. The highest BCUT2D eigenvalue weighted by molar-refractivity contribution is 4.92. The summed E-state index contributed by atoms with van der Waals surface area (Å²) in [6, 6.07) is 0. The van der Waals surface area contributed by atoms with E-state index in [-0.39, 0.29) is 0 Å². The van der Waals surface area contributed by atoms with Gasteiger partial charge >= 0.3 is 0 Å². The molecule has 0 fully saturated rings. The van der Waals surface area contributed by atoms with Gasteiger partial charge in [-0.25, -0.2) is 4.68 Å². The van der Waals surface area contributed by atoms with Crippen LogP contribution in [0, 0.1) is 12.9 Å². The van der Waals surface area contributed by atoms with Gasteiger partial charge in [0, 0.05) is 6.54 Å². The van der Waals surface area contributed by atoms with E-state index in [9.17, 15) is 4.39 Å². The van der Waals surface area contributed by atoms with Crippen molar-refractivity contribution in [2.75, 3.05) is 0 Å². The second-order valence-electron chi connectivity index (χ2n) is 2.19. The Kier molecular flexibility index (Phi) is 1.99. The van der Waals surface area contributed by atoms with Crippen molar-refractivity contribution in [1.29, 1.82) is 0 Å². The highest BCUT2D eigenvalue weighted by Crippen LogP contribution is 2.00. The number of hydrogen-bond acceptors (Lipinski definition) is 2. The fourth-order valence-corrected chi connectivity index (χ4v) is 0.763. The van der Waals surface area contributed by atoms with Crippen molar-refractivity contribution < 1.29 is 4.39 Å². The lowest BCUT2D eigenvalue weighted by Crippen LogP contribution is -2.01. The fourth-order valence-electron chi connectivity index (χ4n) is 0.763. The van der Waals surface area contributed by atoms with Crippen LogP contribution in [0.5, 0.6) is 0 Å². The van der Waals surface area contributed by atoms with Crippen LogP contribution in [0.4, 0.5) is 4.39 Å². The van der Waals surface area contributed by atoms with Crippen molar-refractivity contribution in [3.63, 3.8) is 0 Å². The molecule has 0 aliphatic heterocycles. The van der Waals surface area contributed by atoms with E-state index in [1.807, 2.05) is 6.92 Å². The van der Waals surface area contributed by atoms with E-state index in [1.54, 1.807) is 11.6 Å². The van der Waals surface area contributed by atoms with Gasteiger partial charge < -0.3 is 0 Å². The molecule has 3 nitrogen and oxygen atoms in total. The molecule has 1 aromatic heterocycles. The lowest BCUT2D eigenvalue weighted by molar-refractivity contribution is 0.565. The standard InChI is InChI=1S/C6H10FN3/c1-3-4-10-5(2)6(7)8-9-10/h3-4H2,1-2H3. The highest BCUT2D eigenvalue weighted by Gasteiger charge is 2.04. The summed E-state index contributed by atoms with van der Waals surface area (Å²) in [5.41, 5.74) is 0.516. The largest absolute Gasteiger partial charge is 0.255 e. The normalized spacial score (nSPS) is 10.3. The topological polar surface area (TPSA) is 30.7 Å². The van der Waals surface area contributed by atoms with Gasteiger partial charge in [-0.15, -0.1) is 0 Å². The van der Waals surface area contributed by atoms with E-state index in [0.717, 1.165) is 13.0 Å². The van der Waals surface area contributed by atoms with Gasteiger partial charge in [0.2, 0.25) is 0 Å². The smallest absolute Gasteiger partial charge is 0.247 e. The molecule has 0 aliphatic rings. The summed E-state index contributed by atoms with van der Waals surface area (Å²) in [6.45, 7) is 4.42. The zero-order valence-corrected chi connectivity index (χ0v) is 6.13. The Balaban J connectivity index is 2.83. The summed E-state index contributed by atoms with van der Waals surface area (Å²) < 4.78 is 14.0. The van der Waals surface area contributed by atoms with Gasteiger partial charge in [0.1, 0.15) is 0 Å². The molecule has 0 aliphatic carbocycles. The van der Waals surface area contributed by atoms with Crippen molar-refractivity contribution >= 4 is 0 Å². The van der Waals surface area contributed by atoms with Gasteiger partial charge in [0.15, 0.2) is 0 Å². The summed E-state index contributed by atoms with van der Waals surface area (Å²) in [6.07, 6.45) is 0.948. The molecule has 0 saturated carbocycles. The minimum Gasteiger partial charge on any atom is -0.247 e. The Bertz CT molecular complexity index is 219. The lowest BCUT2D eigenvalue weighted by atomic mass is 10.4. The van der Waals surface area contributed by atoms with Crippen molar-refractivity contribution in [2.45, 2.75) is 26.8 Å². The molecular formula is C6H10FN3. The van der Waals surface area contributed by atoms with Gasteiger partial charge in [0.25, 0.3) is 5.95 Å². The Morgan fingerprint density at radius 2 is 2.30 bits per heavy atom. The molecule has 0 amide bonds. The zero-order valence-electron chi connectivity index (χ0n) is 6.13. The predicted octanol–water partition coefficient (Wildman–Crippen LogP) is 1.14. The van der Waals surface area contributed by atoms with Gasteiger partial charge in [-0.3, -0.25) is 0 Å². The molecular weight excluding hydrogens is 133 g/mol. The maximum absolute atomic E-state index is 12.5. The molecule has 10 heavy (non-hydrogen) atoms. The van der Waals surface area contributed by atoms with Crippen LogP contribution in [0.3, 0.4) is 0 Å². The quantitative estimate of drug-likeness (QED) is 0.621. The minimum atomic E-state index is -0.464. The van der Waals surface area contributed by atoms with E-state index in [1.165, 1.54) is 0 Å². The Labute approximate surface area is 58.9 Å². The summed E-state index contributed by atoms with van der Waals surface area (Å²) >= 11 is 0. The molecule has 0 N–H and O–H groups in total. The first-order valence-corrected chi connectivity index (χ1v) is 3.31. The third-order valence-corrected chi connectivity index (χ3v) is 1.36. The van der Waals surface area contributed by atoms with E-state index < -0.39 is 5.95 Å². The van der Waals surface area contributed by atoms with Crippen LogP contribution >= 0.6 is 0 Å². The molecule has 0 saturated heterocycles. The van der Waals surface area contributed by atoms with E-state index >= 15 is 0 Å². The number of aromatic nitrogens is 3. The monoisotopic (exact) mass is 143 g/mol. The number of halogens is 1. The Hall–Kier alpha value is -0.930. The molecule has 0 radical (unpaired) electrons. The van der Waals surface area contributed by atoms with Gasteiger partial charge in [-0.05, 0) is 13.3 Å². The maximum Gasteiger partial charge on any atom is 0.255 e. The molecule has 0 atom stereocenters. The number of nitrogens with zero attached hydrogens (tertiary/aromatic N) is 3. The first-order valence-electron chi connectivity index (χ1n) is 3.31. The molecule has 1 heterocycles. The molecule has 1 rings (SSSR count). The fraction of sp³-hybridized carbons (Fsp3) is 0.667. The van der Waals surface area contributed by atoms with Crippen LogP contribution in [-0.4, -0.2) is 15.0 Å². The predicted molar refractivity (Wildman–Crippen MR) is 35.0 cm³/mol. The number of rotatable bonds is 2. The Morgan fingerprint density at radius 3 is 2.70 bits per heavy atom. The van der Waals surface area contributed by atoms with Gasteiger partial charge in [-0.1, -0.05) is 17.2 Å². The molecule has 56 valence electrons. The SMILES string of the molecule is CCCn1nnc(F)c1C. The van der Waals surface area contributed by atoms with Gasteiger partial charge in [-0.2, -0.15) is 4.39 Å². The van der Waals surface area contributed by atoms with Crippen molar-refractivity contribution in [2.24, 2.45) is 0 Å². The maximum atomic E-state index is 12.5. The molecule has 4 heteroatoms. The van der Waals surface area contributed by atoms with Crippen LogP contribution < -0.4 is 0 Å². The third-order valence-electron chi connectivity index (χ3n) is 1.36. The van der Waals surface area contributed by atoms with Crippen molar-refractivity contribution in [3.8, 4) is 0 Å². The second-order valence-corrected chi connectivity index (χ2v) is 2.19. The van der Waals surface area contributed by atoms with Crippen LogP contribution in [0.25, 0.3) is 0 Å². The average Bonchev–Trinajstić information content (AvgIpc) is 2.20. The molecule has 0 aromatic carbocycles. The van der Waals surface area contributed by atoms with E-state index in [4.69, 9.17) is 0 Å². The van der Waals surface area contributed by atoms with Crippen LogP contribution in [0.2, 0.25) is 0 Å².